The molecular formula is C16H21N3O2. The van der Waals surface area contributed by atoms with E-state index in [-0.39, 0.29) is 18.4 Å². The normalized spacial score (nSPS) is 11.1. The van der Waals surface area contributed by atoms with Gasteiger partial charge in [-0.05, 0) is 31.5 Å². The van der Waals surface area contributed by atoms with E-state index in [0.29, 0.717) is 5.56 Å². The molecule has 5 heteroatoms. The maximum atomic E-state index is 12.3. The molecule has 112 valence electrons. The zero-order valence-electron chi connectivity index (χ0n) is 12.9. The highest BCUT2D eigenvalue weighted by Gasteiger charge is 2.19. The Labute approximate surface area is 125 Å². The van der Waals surface area contributed by atoms with Gasteiger partial charge in [-0.3, -0.25) is 9.59 Å². The lowest BCUT2D eigenvalue weighted by Crippen LogP contribution is -2.44. The molecule has 1 unspecified atom stereocenters. The lowest BCUT2D eigenvalue weighted by atomic mass is 10.0. The Morgan fingerprint density at radius 1 is 1.38 bits per heavy atom. The minimum absolute atomic E-state index is 0.153. The van der Waals surface area contributed by atoms with Gasteiger partial charge in [0, 0.05) is 25.2 Å². The van der Waals surface area contributed by atoms with Crippen LogP contribution in [0.15, 0.2) is 18.2 Å². The molecule has 1 atom stereocenters. The Kier molecular flexibility index (Phi) is 5.94. The third-order valence-corrected chi connectivity index (χ3v) is 3.06. The highest BCUT2D eigenvalue weighted by atomic mass is 16.2. The zero-order chi connectivity index (χ0) is 16.0. The molecule has 3 N–H and O–H groups in total. The van der Waals surface area contributed by atoms with Crippen molar-refractivity contribution in [3.63, 3.8) is 0 Å². The van der Waals surface area contributed by atoms with Crippen LogP contribution < -0.4 is 11.1 Å². The predicted octanol–water partition coefficient (Wildman–Crippen LogP) is 0.512. The van der Waals surface area contributed by atoms with Crippen LogP contribution in [-0.2, 0) is 4.79 Å². The highest BCUT2D eigenvalue weighted by molar-refractivity contribution is 5.98. The van der Waals surface area contributed by atoms with Crippen LogP contribution in [0.25, 0.3) is 0 Å². The average molecular weight is 287 g/mol. The lowest BCUT2D eigenvalue weighted by Gasteiger charge is -2.18. The first kappa shape index (κ1) is 16.7. The summed E-state index contributed by atoms with van der Waals surface area (Å²) in [5.41, 5.74) is 7.41. The van der Waals surface area contributed by atoms with E-state index in [1.165, 1.54) is 4.90 Å². The number of benzene rings is 1. The molecule has 2 amide bonds. The smallest absolute Gasteiger partial charge is 0.252 e. The SMILES string of the molecule is Cc1c(C#CCN)cccc1C(=O)NC(C)C(=O)N(C)C. The van der Waals surface area contributed by atoms with E-state index in [9.17, 15) is 9.59 Å². The molecule has 1 aromatic carbocycles. The number of likely N-dealkylation sites (N-methyl/N-ethyl adjacent to an activating group) is 1. The van der Waals surface area contributed by atoms with Crippen molar-refractivity contribution in [2.75, 3.05) is 20.6 Å². The van der Waals surface area contributed by atoms with E-state index in [2.05, 4.69) is 17.2 Å². The predicted molar refractivity (Wildman–Crippen MR) is 82.7 cm³/mol. The second kappa shape index (κ2) is 7.46. The van der Waals surface area contributed by atoms with Crippen molar-refractivity contribution in [3.05, 3.63) is 34.9 Å². The van der Waals surface area contributed by atoms with Crippen molar-refractivity contribution in [1.82, 2.24) is 10.2 Å². The number of amides is 2. The van der Waals surface area contributed by atoms with Gasteiger partial charge in [-0.25, -0.2) is 0 Å². The summed E-state index contributed by atoms with van der Waals surface area (Å²) in [6.07, 6.45) is 0. The first-order chi connectivity index (χ1) is 9.88. The van der Waals surface area contributed by atoms with Crippen LogP contribution in [0, 0.1) is 18.8 Å². The number of rotatable bonds is 3. The fourth-order valence-electron chi connectivity index (χ4n) is 1.89. The number of nitrogens with one attached hydrogen (secondary N) is 1. The molecular weight excluding hydrogens is 266 g/mol. The van der Waals surface area contributed by atoms with Crippen LogP contribution in [0.5, 0.6) is 0 Å². The number of nitrogens with zero attached hydrogens (tertiary/aromatic N) is 1. The molecule has 0 aliphatic rings. The van der Waals surface area contributed by atoms with E-state index in [4.69, 9.17) is 5.73 Å². The van der Waals surface area contributed by atoms with Gasteiger partial charge in [0.2, 0.25) is 5.91 Å². The molecule has 0 spiro atoms. The van der Waals surface area contributed by atoms with Crippen LogP contribution in [0.4, 0.5) is 0 Å². The second-order valence-corrected chi connectivity index (χ2v) is 4.91. The number of hydrogen-bond donors (Lipinski definition) is 2. The Bertz CT molecular complexity index is 597. The molecule has 0 bridgehead atoms. The van der Waals surface area contributed by atoms with E-state index >= 15 is 0 Å². The molecule has 21 heavy (non-hydrogen) atoms. The van der Waals surface area contributed by atoms with Gasteiger partial charge < -0.3 is 16.0 Å². The molecule has 0 saturated carbocycles. The Morgan fingerprint density at radius 3 is 2.62 bits per heavy atom. The second-order valence-electron chi connectivity index (χ2n) is 4.91. The van der Waals surface area contributed by atoms with Gasteiger partial charge in [0.25, 0.3) is 5.91 Å². The van der Waals surface area contributed by atoms with Gasteiger partial charge in [0.1, 0.15) is 6.04 Å². The number of carbonyl (C=O) groups is 2. The maximum Gasteiger partial charge on any atom is 0.252 e. The maximum absolute atomic E-state index is 12.3. The van der Waals surface area contributed by atoms with Crippen molar-refractivity contribution in [2.45, 2.75) is 19.9 Å². The summed E-state index contributed by atoms with van der Waals surface area (Å²) in [4.78, 5) is 25.5. The fourth-order valence-corrected chi connectivity index (χ4v) is 1.89. The van der Waals surface area contributed by atoms with Crippen LogP contribution >= 0.6 is 0 Å². The van der Waals surface area contributed by atoms with Crippen LogP contribution in [0.3, 0.4) is 0 Å². The summed E-state index contributed by atoms with van der Waals surface area (Å²) in [5, 5.41) is 2.70. The molecule has 0 saturated heterocycles. The fraction of sp³-hybridized carbons (Fsp3) is 0.375. The number of carbonyl (C=O) groups excluding carboxylic acids is 2. The third kappa shape index (κ3) is 4.33. The summed E-state index contributed by atoms with van der Waals surface area (Å²) in [6.45, 7) is 3.76. The number of nitrogens with two attached hydrogens (primary N) is 1. The largest absolute Gasteiger partial charge is 0.347 e. The lowest BCUT2D eigenvalue weighted by molar-refractivity contribution is -0.130. The van der Waals surface area contributed by atoms with E-state index in [1.807, 2.05) is 13.0 Å². The van der Waals surface area contributed by atoms with E-state index < -0.39 is 6.04 Å². The molecule has 1 rings (SSSR count). The van der Waals surface area contributed by atoms with Gasteiger partial charge in [0.05, 0.1) is 6.54 Å². The van der Waals surface area contributed by atoms with Gasteiger partial charge in [-0.15, -0.1) is 0 Å². The number of hydrogen-bond acceptors (Lipinski definition) is 3. The Balaban J connectivity index is 2.96. The third-order valence-electron chi connectivity index (χ3n) is 3.06. The summed E-state index contributed by atoms with van der Waals surface area (Å²) in [6, 6.07) is 4.74. The Hall–Kier alpha value is -2.32. The van der Waals surface area contributed by atoms with Crippen LogP contribution in [0.1, 0.15) is 28.4 Å². The molecule has 0 fully saturated rings. The summed E-state index contributed by atoms with van der Waals surface area (Å²) in [5.74, 6) is 5.26. The van der Waals surface area contributed by atoms with Crippen molar-refractivity contribution in [3.8, 4) is 11.8 Å². The van der Waals surface area contributed by atoms with Gasteiger partial charge in [-0.2, -0.15) is 0 Å². The molecule has 0 heterocycles. The minimum Gasteiger partial charge on any atom is -0.347 e. The summed E-state index contributed by atoms with van der Waals surface area (Å²) >= 11 is 0. The average Bonchev–Trinajstić information content (AvgIpc) is 2.44. The molecule has 0 aliphatic heterocycles. The van der Waals surface area contributed by atoms with E-state index in [1.54, 1.807) is 33.2 Å². The monoisotopic (exact) mass is 287 g/mol. The van der Waals surface area contributed by atoms with Crippen molar-refractivity contribution in [1.29, 1.82) is 0 Å². The molecule has 1 aromatic rings. The minimum atomic E-state index is -0.578. The highest BCUT2D eigenvalue weighted by Crippen LogP contribution is 2.13. The van der Waals surface area contributed by atoms with Crippen molar-refractivity contribution >= 4 is 11.8 Å². The van der Waals surface area contributed by atoms with E-state index in [0.717, 1.165) is 11.1 Å². The first-order valence-corrected chi connectivity index (χ1v) is 6.69. The zero-order valence-corrected chi connectivity index (χ0v) is 12.9. The van der Waals surface area contributed by atoms with Crippen molar-refractivity contribution in [2.24, 2.45) is 5.73 Å². The Morgan fingerprint density at radius 2 is 2.05 bits per heavy atom. The van der Waals surface area contributed by atoms with Gasteiger partial charge >= 0.3 is 0 Å². The topological polar surface area (TPSA) is 75.4 Å². The van der Waals surface area contributed by atoms with Gasteiger partial charge in [-0.1, -0.05) is 17.9 Å². The molecule has 0 aliphatic carbocycles. The summed E-state index contributed by atoms with van der Waals surface area (Å²) < 4.78 is 0. The molecule has 0 aromatic heterocycles. The standard InChI is InChI=1S/C16H21N3O2/c1-11-13(8-6-10-17)7-5-9-14(11)15(20)18-12(2)16(21)19(3)4/h5,7,9,12H,10,17H2,1-4H3,(H,18,20). The molecule has 0 radical (unpaired) electrons. The quantitative estimate of drug-likeness (QED) is 0.796. The van der Waals surface area contributed by atoms with Crippen molar-refractivity contribution < 1.29 is 9.59 Å². The van der Waals surface area contributed by atoms with Gasteiger partial charge in [0.15, 0.2) is 0 Å². The molecule has 5 nitrogen and oxygen atoms in total. The summed E-state index contributed by atoms with van der Waals surface area (Å²) in [7, 11) is 3.30. The first-order valence-electron chi connectivity index (χ1n) is 6.69. The van der Waals surface area contributed by atoms with Crippen LogP contribution in [0.2, 0.25) is 0 Å². The van der Waals surface area contributed by atoms with Crippen LogP contribution in [-0.4, -0.2) is 43.4 Å².